The molecule has 0 bridgehead atoms. The fourth-order valence-corrected chi connectivity index (χ4v) is 3.58. The highest BCUT2D eigenvalue weighted by Gasteiger charge is 2.22. The number of imidazole rings is 1. The Morgan fingerprint density at radius 1 is 1.12 bits per heavy atom. The number of aryl methyl sites for hydroxylation is 1. The molecular formula is C26H27N3O4. The third-order valence-electron chi connectivity index (χ3n) is 5.32. The smallest absolute Gasteiger partial charge is 0.329 e. The fourth-order valence-electron chi connectivity index (χ4n) is 3.58. The SMILES string of the molecule is CCOC(=O)C(Cc1ccc(OCCc2nc(-c3ccccc3)oc2C)cc1)n1ccnc1. The second-order valence-corrected chi connectivity index (χ2v) is 7.61. The van der Waals surface area contributed by atoms with E-state index in [1.54, 1.807) is 30.2 Å². The molecule has 33 heavy (non-hydrogen) atoms. The molecule has 4 rings (SSSR count). The van der Waals surface area contributed by atoms with Gasteiger partial charge in [0.15, 0.2) is 0 Å². The molecule has 0 spiro atoms. The van der Waals surface area contributed by atoms with Crippen molar-refractivity contribution in [1.82, 2.24) is 14.5 Å². The van der Waals surface area contributed by atoms with Gasteiger partial charge in [0.2, 0.25) is 5.89 Å². The average Bonchev–Trinajstić information content (AvgIpc) is 3.49. The van der Waals surface area contributed by atoms with Gasteiger partial charge in [0, 0.05) is 30.8 Å². The van der Waals surface area contributed by atoms with E-state index in [4.69, 9.17) is 13.9 Å². The van der Waals surface area contributed by atoms with E-state index in [2.05, 4.69) is 9.97 Å². The van der Waals surface area contributed by atoms with Gasteiger partial charge in [-0.2, -0.15) is 0 Å². The zero-order valence-electron chi connectivity index (χ0n) is 18.8. The van der Waals surface area contributed by atoms with Gasteiger partial charge in [-0.1, -0.05) is 30.3 Å². The summed E-state index contributed by atoms with van der Waals surface area (Å²) in [5.74, 6) is 1.92. The van der Waals surface area contributed by atoms with Crippen LogP contribution in [-0.2, 0) is 22.4 Å². The molecule has 0 fully saturated rings. The number of hydrogen-bond acceptors (Lipinski definition) is 6. The molecule has 7 nitrogen and oxygen atoms in total. The Hall–Kier alpha value is -3.87. The lowest BCUT2D eigenvalue weighted by molar-refractivity contribution is -0.147. The summed E-state index contributed by atoms with van der Waals surface area (Å²) in [5, 5.41) is 0. The minimum atomic E-state index is -0.451. The maximum atomic E-state index is 12.4. The normalized spacial score (nSPS) is 11.8. The molecule has 0 aliphatic rings. The van der Waals surface area contributed by atoms with E-state index in [9.17, 15) is 4.79 Å². The van der Waals surface area contributed by atoms with Crippen molar-refractivity contribution < 1.29 is 18.7 Å². The van der Waals surface area contributed by atoms with Crippen LogP contribution >= 0.6 is 0 Å². The maximum absolute atomic E-state index is 12.4. The lowest BCUT2D eigenvalue weighted by Gasteiger charge is -2.17. The van der Waals surface area contributed by atoms with Crippen molar-refractivity contribution in [3.8, 4) is 17.2 Å². The molecule has 4 aromatic rings. The number of carbonyl (C=O) groups is 1. The van der Waals surface area contributed by atoms with Crippen molar-refractivity contribution in [1.29, 1.82) is 0 Å². The fraction of sp³-hybridized carbons (Fsp3) is 0.269. The second-order valence-electron chi connectivity index (χ2n) is 7.61. The Labute approximate surface area is 193 Å². The molecule has 170 valence electrons. The van der Waals surface area contributed by atoms with Gasteiger partial charge in [0.05, 0.1) is 25.2 Å². The first-order valence-corrected chi connectivity index (χ1v) is 11.0. The van der Waals surface area contributed by atoms with E-state index in [0.717, 1.165) is 28.3 Å². The van der Waals surface area contributed by atoms with Crippen LogP contribution in [0.4, 0.5) is 0 Å². The zero-order chi connectivity index (χ0) is 23.0. The van der Waals surface area contributed by atoms with Crippen molar-refractivity contribution in [2.75, 3.05) is 13.2 Å². The monoisotopic (exact) mass is 445 g/mol. The van der Waals surface area contributed by atoms with Crippen molar-refractivity contribution in [3.05, 3.63) is 90.3 Å². The van der Waals surface area contributed by atoms with Gasteiger partial charge in [-0.3, -0.25) is 0 Å². The molecular weight excluding hydrogens is 418 g/mol. The Morgan fingerprint density at radius 2 is 1.91 bits per heavy atom. The van der Waals surface area contributed by atoms with Crippen LogP contribution < -0.4 is 4.74 Å². The number of benzene rings is 2. The van der Waals surface area contributed by atoms with Crippen molar-refractivity contribution in [3.63, 3.8) is 0 Å². The van der Waals surface area contributed by atoms with E-state index in [1.165, 1.54) is 0 Å². The second kappa shape index (κ2) is 10.6. The Bertz CT molecular complexity index is 1150. The number of nitrogens with zero attached hydrogens (tertiary/aromatic N) is 3. The maximum Gasteiger partial charge on any atom is 0.329 e. The summed E-state index contributed by atoms with van der Waals surface area (Å²) < 4.78 is 18.7. The van der Waals surface area contributed by atoms with Crippen LogP contribution in [0.25, 0.3) is 11.5 Å². The summed E-state index contributed by atoms with van der Waals surface area (Å²) in [5.41, 5.74) is 2.86. The molecule has 1 atom stereocenters. The van der Waals surface area contributed by atoms with Gasteiger partial charge in [-0.05, 0) is 43.7 Å². The molecule has 0 saturated heterocycles. The molecule has 2 heterocycles. The number of rotatable bonds is 10. The lowest BCUT2D eigenvalue weighted by atomic mass is 10.1. The number of aromatic nitrogens is 3. The van der Waals surface area contributed by atoms with E-state index in [0.29, 0.717) is 31.9 Å². The minimum Gasteiger partial charge on any atom is -0.493 e. The Balaban J connectivity index is 1.33. The first kappa shape index (κ1) is 22.3. The number of carbonyl (C=O) groups excluding carboxylic acids is 1. The van der Waals surface area contributed by atoms with Crippen molar-refractivity contribution in [2.24, 2.45) is 0 Å². The highest BCUT2D eigenvalue weighted by Crippen LogP contribution is 2.23. The number of hydrogen-bond donors (Lipinski definition) is 0. The van der Waals surface area contributed by atoms with E-state index < -0.39 is 6.04 Å². The summed E-state index contributed by atoms with van der Waals surface area (Å²) in [6.45, 7) is 4.55. The van der Waals surface area contributed by atoms with Crippen LogP contribution in [0, 0.1) is 6.92 Å². The van der Waals surface area contributed by atoms with Crippen LogP contribution in [0.15, 0.2) is 77.7 Å². The number of esters is 1. The molecule has 0 saturated carbocycles. The van der Waals surface area contributed by atoms with Crippen LogP contribution in [0.1, 0.15) is 30.0 Å². The molecule has 0 aliphatic heterocycles. The van der Waals surface area contributed by atoms with E-state index >= 15 is 0 Å². The Morgan fingerprint density at radius 3 is 2.61 bits per heavy atom. The summed E-state index contributed by atoms with van der Waals surface area (Å²) in [6, 6.07) is 17.2. The average molecular weight is 446 g/mol. The lowest BCUT2D eigenvalue weighted by Crippen LogP contribution is -2.23. The first-order chi connectivity index (χ1) is 16.1. The topological polar surface area (TPSA) is 79.4 Å². The summed E-state index contributed by atoms with van der Waals surface area (Å²) in [7, 11) is 0. The van der Waals surface area contributed by atoms with Gasteiger partial charge in [-0.25, -0.2) is 14.8 Å². The van der Waals surface area contributed by atoms with E-state index in [1.807, 2.05) is 61.5 Å². The molecule has 2 aromatic heterocycles. The van der Waals surface area contributed by atoms with Crippen LogP contribution in [0.3, 0.4) is 0 Å². The third kappa shape index (κ3) is 5.68. The zero-order valence-corrected chi connectivity index (χ0v) is 18.8. The highest BCUT2D eigenvalue weighted by molar-refractivity contribution is 5.74. The van der Waals surface area contributed by atoms with Gasteiger partial charge in [0.1, 0.15) is 17.6 Å². The Kier molecular flexibility index (Phi) is 7.19. The largest absolute Gasteiger partial charge is 0.493 e. The molecule has 0 radical (unpaired) electrons. The summed E-state index contributed by atoms with van der Waals surface area (Å²) in [6.07, 6.45) is 6.22. The van der Waals surface area contributed by atoms with Gasteiger partial charge >= 0.3 is 5.97 Å². The van der Waals surface area contributed by atoms with Crippen molar-refractivity contribution in [2.45, 2.75) is 32.7 Å². The molecule has 0 N–H and O–H groups in total. The predicted molar refractivity (Wildman–Crippen MR) is 124 cm³/mol. The van der Waals surface area contributed by atoms with E-state index in [-0.39, 0.29) is 5.97 Å². The number of oxazole rings is 1. The number of ether oxygens (including phenoxy) is 2. The third-order valence-corrected chi connectivity index (χ3v) is 5.32. The molecule has 7 heteroatoms. The van der Waals surface area contributed by atoms with Gasteiger partial charge < -0.3 is 18.5 Å². The van der Waals surface area contributed by atoms with Crippen molar-refractivity contribution >= 4 is 5.97 Å². The predicted octanol–water partition coefficient (Wildman–Crippen LogP) is 4.81. The van der Waals surface area contributed by atoms with Crippen LogP contribution in [-0.4, -0.2) is 33.7 Å². The standard InChI is InChI=1S/C26H27N3O4/c1-3-31-26(30)24(29-15-14-27-18-29)17-20-9-11-22(12-10-20)32-16-13-23-19(2)33-25(28-23)21-7-5-4-6-8-21/h4-12,14-15,18,24H,3,13,16-17H2,1-2H3. The summed E-state index contributed by atoms with van der Waals surface area (Å²) >= 11 is 0. The molecule has 2 aromatic carbocycles. The van der Waals surface area contributed by atoms with Crippen LogP contribution in [0.5, 0.6) is 5.75 Å². The van der Waals surface area contributed by atoms with Gasteiger partial charge in [0.25, 0.3) is 0 Å². The minimum absolute atomic E-state index is 0.270. The highest BCUT2D eigenvalue weighted by atomic mass is 16.5. The quantitative estimate of drug-likeness (QED) is 0.326. The first-order valence-electron chi connectivity index (χ1n) is 11.0. The van der Waals surface area contributed by atoms with Crippen LogP contribution in [0.2, 0.25) is 0 Å². The molecule has 0 amide bonds. The molecule has 0 aliphatic carbocycles. The molecule has 1 unspecified atom stereocenters. The summed E-state index contributed by atoms with van der Waals surface area (Å²) in [4.78, 5) is 21.1. The van der Waals surface area contributed by atoms with Gasteiger partial charge in [-0.15, -0.1) is 0 Å².